The number of ether oxygens (including phenoxy) is 1. The lowest BCUT2D eigenvalue weighted by molar-refractivity contribution is 0.494. The van der Waals surface area contributed by atoms with Crippen LogP contribution in [0.5, 0.6) is 11.5 Å². The number of hydrogen-bond acceptors (Lipinski definition) is 1. The van der Waals surface area contributed by atoms with Crippen LogP contribution in [-0.2, 0) is 0 Å². The van der Waals surface area contributed by atoms with Gasteiger partial charge in [-0.2, -0.15) is 0 Å². The third kappa shape index (κ3) is 2.26. The van der Waals surface area contributed by atoms with E-state index >= 15 is 0 Å². The molecular weight excluding hydrogens is 376 g/mol. The Morgan fingerprint density at radius 1 is 0.355 bits per heavy atom. The first-order valence-electron chi connectivity index (χ1n) is 10.6. The summed E-state index contributed by atoms with van der Waals surface area (Å²) in [4.78, 5) is 0. The average Bonchev–Trinajstić information content (AvgIpc) is 2.84. The van der Waals surface area contributed by atoms with Crippen LogP contribution in [0.2, 0.25) is 0 Å². The summed E-state index contributed by atoms with van der Waals surface area (Å²) in [7, 11) is 0. The van der Waals surface area contributed by atoms with Crippen LogP contribution in [0.15, 0.2) is 109 Å². The van der Waals surface area contributed by atoms with Crippen molar-refractivity contribution in [2.45, 2.75) is 0 Å². The molecule has 1 nitrogen and oxygen atoms in total. The van der Waals surface area contributed by atoms with Crippen LogP contribution in [0, 0.1) is 0 Å². The van der Waals surface area contributed by atoms with Gasteiger partial charge in [0.05, 0.1) is 0 Å². The second kappa shape index (κ2) is 6.20. The number of rotatable bonds is 2. The fourth-order valence-corrected chi connectivity index (χ4v) is 5.18. The summed E-state index contributed by atoms with van der Waals surface area (Å²) in [5.41, 5.74) is 0. The van der Waals surface area contributed by atoms with Crippen LogP contribution in [0.4, 0.5) is 0 Å². The van der Waals surface area contributed by atoms with Crippen molar-refractivity contribution in [3.63, 3.8) is 0 Å². The summed E-state index contributed by atoms with van der Waals surface area (Å²) in [6, 6.07) is 38.6. The van der Waals surface area contributed by atoms with Gasteiger partial charge >= 0.3 is 0 Å². The lowest BCUT2D eigenvalue weighted by Gasteiger charge is -2.19. The molecule has 0 amide bonds. The summed E-state index contributed by atoms with van der Waals surface area (Å²) in [6.07, 6.45) is 0. The molecule has 7 aromatic carbocycles. The van der Waals surface area contributed by atoms with E-state index in [4.69, 9.17) is 4.74 Å². The molecule has 144 valence electrons. The number of hydrogen-bond donors (Lipinski definition) is 0. The Bertz CT molecular complexity index is 1740. The van der Waals surface area contributed by atoms with Gasteiger partial charge in [-0.05, 0) is 49.8 Å². The molecule has 0 saturated heterocycles. The molecule has 1 heteroatoms. The first kappa shape index (κ1) is 16.7. The Kier molecular flexibility index (Phi) is 3.33. The van der Waals surface area contributed by atoms with E-state index in [2.05, 4.69) is 78.9 Å². The van der Waals surface area contributed by atoms with Gasteiger partial charge in [-0.3, -0.25) is 0 Å². The Labute approximate surface area is 179 Å². The Hall–Kier alpha value is -4.10. The van der Waals surface area contributed by atoms with Gasteiger partial charge in [0.1, 0.15) is 11.5 Å². The minimum atomic E-state index is 0.853. The van der Waals surface area contributed by atoms with Crippen molar-refractivity contribution < 1.29 is 4.74 Å². The van der Waals surface area contributed by atoms with Crippen molar-refractivity contribution in [1.29, 1.82) is 0 Å². The van der Waals surface area contributed by atoms with Crippen molar-refractivity contribution in [3.8, 4) is 11.5 Å². The topological polar surface area (TPSA) is 9.23 Å². The van der Waals surface area contributed by atoms with Crippen LogP contribution in [0.3, 0.4) is 0 Å². The van der Waals surface area contributed by atoms with E-state index in [0.29, 0.717) is 0 Å². The molecule has 7 aromatic rings. The minimum Gasteiger partial charge on any atom is -0.456 e. The molecule has 0 aliphatic carbocycles. The molecule has 7 rings (SSSR count). The molecule has 0 bridgehead atoms. The van der Waals surface area contributed by atoms with Crippen LogP contribution >= 0.6 is 0 Å². The average molecular weight is 394 g/mol. The summed E-state index contributed by atoms with van der Waals surface area (Å²) in [6.45, 7) is 0. The smallest absolute Gasteiger partial charge is 0.143 e. The molecule has 0 unspecified atom stereocenters. The van der Waals surface area contributed by atoms with E-state index in [-0.39, 0.29) is 0 Å². The SMILES string of the molecule is c1ccc(Oc2c3ccccc3c3c4cccc5cccc(c6cccc2c63)c54)cc1. The highest BCUT2D eigenvalue weighted by molar-refractivity contribution is 6.39. The second-order valence-electron chi connectivity index (χ2n) is 8.10. The molecule has 0 radical (unpaired) electrons. The predicted octanol–water partition coefficient (Wildman–Crippen LogP) is 8.68. The van der Waals surface area contributed by atoms with Gasteiger partial charge in [-0.15, -0.1) is 0 Å². The molecule has 31 heavy (non-hydrogen) atoms. The van der Waals surface area contributed by atoms with Crippen LogP contribution in [0.1, 0.15) is 0 Å². The molecule has 0 aliphatic heterocycles. The van der Waals surface area contributed by atoms with Crippen molar-refractivity contribution in [1.82, 2.24) is 0 Å². The molecule has 0 heterocycles. The standard InChI is InChI=1S/C30H18O/c1-2-11-20(12-3-1)31-30-24-14-5-4-13-23(24)28-25-17-7-10-19-9-6-15-21(27(19)25)22-16-8-18-26(30)29(22)28/h1-18H. The summed E-state index contributed by atoms with van der Waals surface area (Å²) < 4.78 is 6.54. The van der Waals surface area contributed by atoms with Crippen molar-refractivity contribution in [2.75, 3.05) is 0 Å². The summed E-state index contributed by atoms with van der Waals surface area (Å²) >= 11 is 0. The lowest BCUT2D eigenvalue weighted by atomic mass is 9.87. The van der Waals surface area contributed by atoms with Gasteiger partial charge in [-0.25, -0.2) is 0 Å². The molecule has 0 N–H and O–H groups in total. The third-order valence-electron chi connectivity index (χ3n) is 6.43. The monoisotopic (exact) mass is 394 g/mol. The van der Waals surface area contributed by atoms with E-state index < -0.39 is 0 Å². The van der Waals surface area contributed by atoms with Crippen molar-refractivity contribution >= 4 is 53.9 Å². The first-order chi connectivity index (χ1) is 15.4. The van der Waals surface area contributed by atoms with Crippen LogP contribution in [0.25, 0.3) is 53.9 Å². The second-order valence-corrected chi connectivity index (χ2v) is 8.10. The van der Waals surface area contributed by atoms with Gasteiger partial charge in [0.2, 0.25) is 0 Å². The highest BCUT2D eigenvalue weighted by Gasteiger charge is 2.19. The molecular formula is C30H18O. The predicted molar refractivity (Wildman–Crippen MR) is 132 cm³/mol. The zero-order valence-electron chi connectivity index (χ0n) is 16.8. The van der Waals surface area contributed by atoms with Crippen molar-refractivity contribution in [3.05, 3.63) is 109 Å². The maximum absolute atomic E-state index is 6.54. The van der Waals surface area contributed by atoms with Crippen molar-refractivity contribution in [2.24, 2.45) is 0 Å². The highest BCUT2D eigenvalue weighted by Crippen LogP contribution is 2.48. The molecule has 0 spiro atoms. The van der Waals surface area contributed by atoms with Crippen LogP contribution < -0.4 is 4.74 Å². The number of para-hydroxylation sites is 1. The molecule has 0 fully saturated rings. The number of fused-ring (bicyclic) bond motifs is 4. The van der Waals surface area contributed by atoms with E-state index in [0.717, 1.165) is 22.3 Å². The molecule has 0 aliphatic rings. The van der Waals surface area contributed by atoms with Gasteiger partial charge in [0.15, 0.2) is 0 Å². The summed E-state index contributed by atoms with van der Waals surface area (Å²) in [5.74, 6) is 1.78. The fourth-order valence-electron chi connectivity index (χ4n) is 5.18. The van der Waals surface area contributed by atoms with E-state index in [1.807, 2.05) is 30.3 Å². The highest BCUT2D eigenvalue weighted by atomic mass is 16.5. The molecule has 0 atom stereocenters. The Balaban J connectivity index is 1.77. The number of benzene rings is 7. The van der Waals surface area contributed by atoms with Crippen LogP contribution in [-0.4, -0.2) is 0 Å². The maximum Gasteiger partial charge on any atom is 0.143 e. The van der Waals surface area contributed by atoms with Gasteiger partial charge < -0.3 is 4.74 Å². The Morgan fingerprint density at radius 3 is 1.68 bits per heavy atom. The van der Waals surface area contributed by atoms with Gasteiger partial charge in [0.25, 0.3) is 0 Å². The zero-order chi connectivity index (χ0) is 20.4. The lowest BCUT2D eigenvalue weighted by Crippen LogP contribution is -1.92. The third-order valence-corrected chi connectivity index (χ3v) is 6.43. The van der Waals surface area contributed by atoms with E-state index in [1.165, 1.54) is 43.1 Å². The summed E-state index contributed by atoms with van der Waals surface area (Å²) in [5, 5.41) is 12.6. The molecule has 0 aromatic heterocycles. The maximum atomic E-state index is 6.54. The largest absolute Gasteiger partial charge is 0.456 e. The zero-order valence-corrected chi connectivity index (χ0v) is 16.8. The Morgan fingerprint density at radius 2 is 0.871 bits per heavy atom. The van der Waals surface area contributed by atoms with Gasteiger partial charge in [0, 0.05) is 16.2 Å². The normalized spacial score (nSPS) is 11.9. The molecule has 0 saturated carbocycles. The van der Waals surface area contributed by atoms with E-state index in [9.17, 15) is 0 Å². The first-order valence-corrected chi connectivity index (χ1v) is 10.6. The van der Waals surface area contributed by atoms with Gasteiger partial charge in [-0.1, -0.05) is 97.1 Å². The minimum absolute atomic E-state index is 0.853. The van der Waals surface area contributed by atoms with E-state index in [1.54, 1.807) is 0 Å². The quantitative estimate of drug-likeness (QED) is 0.210. The fraction of sp³-hybridized carbons (Fsp3) is 0.